The van der Waals surface area contributed by atoms with Gasteiger partial charge in [0.2, 0.25) is 0 Å². The number of aromatic nitrogens is 2. The Bertz CT molecular complexity index is 1390. The molecule has 1 saturated heterocycles. The number of aryl methyl sites for hydroxylation is 2. The van der Waals surface area contributed by atoms with Gasteiger partial charge in [0.05, 0.1) is 0 Å². The van der Waals surface area contributed by atoms with Crippen LogP contribution in [0.15, 0.2) is 54.7 Å². The molecular weight excluding hydrogens is 558 g/mol. The van der Waals surface area contributed by atoms with Gasteiger partial charge in [-0.1, -0.05) is 0 Å². The van der Waals surface area contributed by atoms with Gasteiger partial charge in [-0.05, 0) is 20.8 Å². The van der Waals surface area contributed by atoms with Crippen LogP contribution in [0.1, 0.15) is 44.5 Å². The normalized spacial score (nSPS) is 13.6. The van der Waals surface area contributed by atoms with Crippen LogP contribution in [0, 0.1) is 0 Å². The number of carboxylic acids is 1. The van der Waals surface area contributed by atoms with Gasteiger partial charge in [0.1, 0.15) is 5.60 Å². The first-order valence-electron chi connectivity index (χ1n) is 13.9. The molecule has 1 fully saturated rings. The number of hydrogen-bond donors (Lipinski definition) is 2. The molecule has 2 N–H and O–H groups in total. The van der Waals surface area contributed by atoms with Gasteiger partial charge >= 0.3 is 164 Å². The quantitative estimate of drug-likeness (QED) is 0.386. The second kappa shape index (κ2) is 14.6. The molecule has 0 saturated carbocycles. The minimum atomic E-state index is -4.53. The van der Waals surface area contributed by atoms with Crippen LogP contribution < -0.4 is 14.5 Å². The molecule has 2 heterocycles. The van der Waals surface area contributed by atoms with Crippen molar-refractivity contribution in [3.63, 3.8) is 0 Å². The van der Waals surface area contributed by atoms with E-state index in [-0.39, 0.29) is 24.2 Å². The molecule has 43 heavy (non-hydrogen) atoms. The third-order valence-corrected chi connectivity index (χ3v) is 6.49. The van der Waals surface area contributed by atoms with Crippen molar-refractivity contribution in [2.24, 2.45) is 0 Å². The maximum absolute atomic E-state index is 13.6. The number of nitrogens with one attached hydrogen (secondary N) is 1. The van der Waals surface area contributed by atoms with E-state index < -0.39 is 23.3 Å². The molecule has 0 aliphatic carbocycles. The number of anilines is 3. The number of carbonyl (C=O) groups is 2. The van der Waals surface area contributed by atoms with E-state index in [1.165, 1.54) is 0 Å². The van der Waals surface area contributed by atoms with Crippen LogP contribution in [-0.4, -0.2) is 81.5 Å². The van der Waals surface area contributed by atoms with Crippen LogP contribution in [0.4, 0.5) is 35.3 Å². The summed E-state index contributed by atoms with van der Waals surface area (Å²) in [5.74, 6) is -0.721. The van der Waals surface area contributed by atoms with Crippen molar-refractivity contribution < 1.29 is 32.6 Å². The molecule has 0 bridgehead atoms. The minimum absolute atomic E-state index is 0.0391. The van der Waals surface area contributed by atoms with E-state index in [1.807, 2.05) is 87.0 Å². The standard InChI is InChI=1S/C28H31F3N5O2.C2H4O2.Li/c1-27(2,3)38-26(37)36-17-15-35(16-18-36)22-12-10-21(11-13-22)33-25-32-19-23(28(29,30)31)24(34-25)14-9-20-7-5-4-6-8-20;1-2(3)4;/h4-7,10-13,19H,9,14-18H2,1-3H3,(H,32,33,34);1H3,(H,3,4);. The molecule has 0 unspecified atom stereocenters. The molecular formula is C30H35F3LiN5O4. The molecule has 1 aliphatic rings. The van der Waals surface area contributed by atoms with E-state index in [4.69, 9.17) is 14.6 Å². The van der Waals surface area contributed by atoms with Crippen LogP contribution >= 0.6 is 0 Å². The summed E-state index contributed by atoms with van der Waals surface area (Å²) in [6, 6.07) is 15.2. The summed E-state index contributed by atoms with van der Waals surface area (Å²) in [7, 11) is 0. The first-order valence-corrected chi connectivity index (χ1v) is 13.9. The van der Waals surface area contributed by atoms with Crippen molar-refractivity contribution in [3.8, 4) is 0 Å². The number of benzene rings is 2. The molecule has 226 valence electrons. The summed E-state index contributed by atoms with van der Waals surface area (Å²) in [5, 5.41) is 10.4. The van der Waals surface area contributed by atoms with Gasteiger partial charge in [0, 0.05) is 33.1 Å². The summed E-state index contributed by atoms with van der Waals surface area (Å²) in [6.45, 7) is 9.06. The molecule has 3 aromatic rings. The van der Waals surface area contributed by atoms with E-state index >= 15 is 0 Å². The van der Waals surface area contributed by atoms with Crippen molar-refractivity contribution in [2.75, 3.05) is 36.4 Å². The monoisotopic (exact) mass is 593 g/mol. The van der Waals surface area contributed by atoms with E-state index in [0.717, 1.165) is 28.6 Å². The molecule has 1 amide bonds. The Labute approximate surface area is 258 Å². The van der Waals surface area contributed by atoms with Crippen molar-refractivity contribution >= 4 is 51.3 Å². The van der Waals surface area contributed by atoms with E-state index in [0.29, 0.717) is 38.3 Å². The second-order valence-corrected chi connectivity index (χ2v) is 11.1. The third-order valence-electron chi connectivity index (χ3n) is 6.49. The summed E-state index contributed by atoms with van der Waals surface area (Å²) in [6.07, 6.45) is -3.40. The van der Waals surface area contributed by atoms with Gasteiger partial charge in [-0.25, -0.2) is 4.79 Å². The average Bonchev–Trinajstić information content (AvgIpc) is 2.91. The fraction of sp³-hybridized carbons (Fsp3) is 0.400. The van der Waals surface area contributed by atoms with Gasteiger partial charge in [-0.3, -0.25) is 4.79 Å². The molecule has 2 aromatic carbocycles. The third kappa shape index (κ3) is 10.8. The van der Waals surface area contributed by atoms with Crippen LogP contribution in [-0.2, 0) is 28.5 Å². The number of rotatable bonds is 6. The zero-order valence-electron chi connectivity index (χ0n) is 25.0. The van der Waals surface area contributed by atoms with Gasteiger partial charge in [-0.2, -0.15) is 0 Å². The molecule has 9 nitrogen and oxygen atoms in total. The van der Waals surface area contributed by atoms with Gasteiger partial charge in [-0.15, -0.1) is 0 Å². The Kier molecular flexibility index (Phi) is 11.5. The SMILES string of the molecule is CC(=O)O.[Li][c]1ccccc1CCc1nc(Nc2ccc(N3CCN(C(=O)OC(C)(C)C)CC3)cc2)ncc1C(F)(F)F. The Morgan fingerprint density at radius 2 is 1.60 bits per heavy atom. The predicted molar refractivity (Wildman–Crippen MR) is 159 cm³/mol. The molecule has 0 atom stereocenters. The first-order chi connectivity index (χ1) is 20.1. The van der Waals surface area contributed by atoms with Gasteiger partial charge in [0.15, 0.2) is 0 Å². The number of nitrogens with zero attached hydrogens (tertiary/aromatic N) is 4. The van der Waals surface area contributed by atoms with E-state index in [1.54, 1.807) is 4.90 Å². The van der Waals surface area contributed by atoms with Crippen LogP contribution in [0.3, 0.4) is 0 Å². The van der Waals surface area contributed by atoms with E-state index in [9.17, 15) is 18.0 Å². The second-order valence-electron chi connectivity index (χ2n) is 11.1. The predicted octanol–water partition coefficient (Wildman–Crippen LogP) is 4.97. The molecule has 1 aliphatic heterocycles. The summed E-state index contributed by atoms with van der Waals surface area (Å²) < 4.78 is 47.4. The van der Waals surface area contributed by atoms with Crippen molar-refractivity contribution in [3.05, 3.63) is 71.5 Å². The maximum atomic E-state index is 13.6. The van der Waals surface area contributed by atoms with Crippen LogP contribution in [0.2, 0.25) is 0 Å². The topological polar surface area (TPSA) is 108 Å². The number of halogens is 3. The number of carboxylic acid groups (broad SMARTS) is 1. The summed E-state index contributed by atoms with van der Waals surface area (Å²) >= 11 is 1.94. The Balaban J connectivity index is 0.00000119. The molecule has 0 radical (unpaired) electrons. The summed E-state index contributed by atoms with van der Waals surface area (Å²) in [4.78, 5) is 33.4. The molecule has 0 spiro atoms. The number of amides is 1. The van der Waals surface area contributed by atoms with Gasteiger partial charge in [0.25, 0.3) is 5.97 Å². The van der Waals surface area contributed by atoms with Crippen molar-refractivity contribution in [1.29, 1.82) is 0 Å². The Hall–Kier alpha value is -3.75. The number of hydrogen-bond acceptors (Lipinski definition) is 7. The Morgan fingerprint density at radius 1 is 1.00 bits per heavy atom. The Morgan fingerprint density at radius 3 is 2.16 bits per heavy atom. The number of piperazine rings is 1. The van der Waals surface area contributed by atoms with Crippen LogP contribution in [0.25, 0.3) is 0 Å². The number of alkyl halides is 3. The average molecular weight is 594 g/mol. The fourth-order valence-electron chi connectivity index (χ4n) is 4.41. The molecule has 1 aromatic heterocycles. The van der Waals surface area contributed by atoms with Crippen molar-refractivity contribution in [2.45, 2.75) is 52.3 Å². The number of carbonyl (C=O) groups excluding carboxylic acids is 1. The van der Waals surface area contributed by atoms with Gasteiger partial charge < -0.3 is 19.6 Å². The first kappa shape index (κ1) is 33.7. The van der Waals surface area contributed by atoms with Crippen LogP contribution in [0.5, 0.6) is 0 Å². The number of ether oxygens (including phenoxy) is 1. The fourth-order valence-corrected chi connectivity index (χ4v) is 4.41. The molecule has 4 rings (SSSR count). The zero-order valence-corrected chi connectivity index (χ0v) is 25.0. The summed E-state index contributed by atoms with van der Waals surface area (Å²) in [5.41, 5.74) is 1.24. The zero-order chi connectivity index (χ0) is 31.8. The van der Waals surface area contributed by atoms with E-state index in [2.05, 4.69) is 20.2 Å². The number of aliphatic carboxylic acids is 1. The van der Waals surface area contributed by atoms with Crippen molar-refractivity contribution in [1.82, 2.24) is 14.9 Å². The molecule has 13 heteroatoms.